The molecule has 2 N–H and O–H groups in total. The normalized spacial score (nSPS) is 11.9. The molecule has 0 fully saturated rings. The number of carbonyl (C=O) groups excluding carboxylic acids is 2. The first-order valence-corrected chi connectivity index (χ1v) is 8.26. The molecule has 0 aromatic heterocycles. The third-order valence-electron chi connectivity index (χ3n) is 3.55. The van der Waals surface area contributed by atoms with E-state index in [2.05, 4.69) is 52.9 Å². The van der Waals surface area contributed by atoms with Crippen molar-refractivity contribution in [3.8, 4) is 0 Å². The first-order valence-electron chi connectivity index (χ1n) is 8.26. The van der Waals surface area contributed by atoms with Gasteiger partial charge in [0, 0.05) is 0 Å². The molecule has 24 heavy (non-hydrogen) atoms. The fourth-order valence-corrected chi connectivity index (χ4v) is 2.08. The lowest BCUT2D eigenvalue weighted by Gasteiger charge is -2.24. The second-order valence-electron chi connectivity index (χ2n) is 8.09. The van der Waals surface area contributed by atoms with Gasteiger partial charge in [0.2, 0.25) is 0 Å². The number of quaternary nitrogens is 2. The molecule has 0 aliphatic carbocycles. The molecule has 134 valence electrons. The van der Waals surface area contributed by atoms with Crippen LogP contribution in [0.15, 0.2) is 24.3 Å². The Kier molecular flexibility index (Phi) is 6.93. The SMILES string of the molecule is C[N+](C)(C)CCNC(=O)c1ccccc1C(=O)NCC[N+](C)(C)C. The zero-order valence-electron chi connectivity index (χ0n) is 15.8. The van der Waals surface area contributed by atoms with Gasteiger partial charge >= 0.3 is 0 Å². The summed E-state index contributed by atoms with van der Waals surface area (Å²) in [6.45, 7) is 2.78. The zero-order valence-corrected chi connectivity index (χ0v) is 15.8. The second kappa shape index (κ2) is 8.26. The molecule has 0 radical (unpaired) electrons. The highest BCUT2D eigenvalue weighted by Gasteiger charge is 2.17. The maximum Gasteiger partial charge on any atom is 0.252 e. The van der Waals surface area contributed by atoms with E-state index in [1.807, 2.05) is 0 Å². The van der Waals surface area contributed by atoms with Crippen LogP contribution in [0.5, 0.6) is 0 Å². The molecular weight excluding hydrogens is 304 g/mol. The van der Waals surface area contributed by atoms with Gasteiger partial charge in [-0.05, 0) is 12.1 Å². The van der Waals surface area contributed by atoms with E-state index in [-0.39, 0.29) is 11.8 Å². The number of amides is 2. The number of hydrogen-bond donors (Lipinski definition) is 2. The summed E-state index contributed by atoms with van der Waals surface area (Å²) in [4.78, 5) is 24.8. The molecule has 0 spiro atoms. The van der Waals surface area contributed by atoms with Crippen LogP contribution >= 0.6 is 0 Å². The first-order chi connectivity index (χ1) is 11.0. The largest absolute Gasteiger partial charge is 0.346 e. The van der Waals surface area contributed by atoms with Crippen LogP contribution in [0.3, 0.4) is 0 Å². The highest BCUT2D eigenvalue weighted by Crippen LogP contribution is 2.09. The van der Waals surface area contributed by atoms with Crippen LogP contribution in [0.2, 0.25) is 0 Å². The number of hydrogen-bond acceptors (Lipinski definition) is 2. The minimum Gasteiger partial charge on any atom is -0.346 e. The van der Waals surface area contributed by atoms with E-state index in [9.17, 15) is 9.59 Å². The van der Waals surface area contributed by atoms with E-state index >= 15 is 0 Å². The van der Waals surface area contributed by atoms with Crippen molar-refractivity contribution in [2.45, 2.75) is 0 Å². The average molecular weight is 336 g/mol. The quantitative estimate of drug-likeness (QED) is 0.682. The Morgan fingerprint density at radius 1 is 0.750 bits per heavy atom. The molecule has 0 aliphatic heterocycles. The van der Waals surface area contributed by atoms with E-state index in [4.69, 9.17) is 0 Å². The van der Waals surface area contributed by atoms with E-state index < -0.39 is 0 Å². The van der Waals surface area contributed by atoms with E-state index in [0.29, 0.717) is 24.2 Å². The number of rotatable bonds is 8. The van der Waals surface area contributed by atoms with Crippen molar-refractivity contribution >= 4 is 11.8 Å². The Balaban J connectivity index is 2.69. The zero-order chi connectivity index (χ0) is 18.4. The number of likely N-dealkylation sites (N-methyl/N-ethyl adjacent to an activating group) is 2. The topological polar surface area (TPSA) is 58.2 Å². The van der Waals surface area contributed by atoms with Gasteiger partial charge in [0.15, 0.2) is 0 Å². The number of carbonyl (C=O) groups is 2. The number of nitrogens with zero attached hydrogens (tertiary/aromatic N) is 2. The lowest BCUT2D eigenvalue weighted by molar-refractivity contribution is -0.869. The Hall–Kier alpha value is -1.92. The Bertz CT molecular complexity index is 520. The molecule has 2 amide bonds. The van der Waals surface area contributed by atoms with Crippen LogP contribution in [0.4, 0.5) is 0 Å². The summed E-state index contributed by atoms with van der Waals surface area (Å²) < 4.78 is 1.54. The fourth-order valence-electron chi connectivity index (χ4n) is 2.08. The van der Waals surface area contributed by atoms with Crippen LogP contribution in [0.25, 0.3) is 0 Å². The van der Waals surface area contributed by atoms with Crippen molar-refractivity contribution in [2.24, 2.45) is 0 Å². The van der Waals surface area contributed by atoms with Crippen molar-refractivity contribution in [1.82, 2.24) is 10.6 Å². The molecule has 0 saturated carbocycles. The molecule has 6 nitrogen and oxygen atoms in total. The van der Waals surface area contributed by atoms with Gasteiger partial charge in [-0.3, -0.25) is 9.59 Å². The van der Waals surface area contributed by atoms with Crippen LogP contribution in [-0.4, -0.2) is 89.2 Å². The highest BCUT2D eigenvalue weighted by molar-refractivity contribution is 6.07. The first kappa shape index (κ1) is 20.1. The third kappa shape index (κ3) is 7.57. The second-order valence-corrected chi connectivity index (χ2v) is 8.09. The summed E-state index contributed by atoms with van der Waals surface area (Å²) in [6.07, 6.45) is 0. The minimum atomic E-state index is -0.208. The molecule has 1 aromatic rings. The van der Waals surface area contributed by atoms with Gasteiger partial charge in [-0.25, -0.2) is 0 Å². The van der Waals surface area contributed by atoms with Crippen molar-refractivity contribution in [3.05, 3.63) is 35.4 Å². The summed E-state index contributed by atoms with van der Waals surface area (Å²) in [5, 5.41) is 5.79. The Morgan fingerprint density at radius 2 is 1.08 bits per heavy atom. The average Bonchev–Trinajstić information content (AvgIpc) is 2.44. The lowest BCUT2D eigenvalue weighted by atomic mass is 10.1. The molecule has 0 atom stereocenters. The van der Waals surface area contributed by atoms with Gasteiger partial charge in [-0.1, -0.05) is 12.1 Å². The molecule has 6 heteroatoms. The van der Waals surface area contributed by atoms with Gasteiger partial charge < -0.3 is 19.6 Å². The number of nitrogens with one attached hydrogen (secondary N) is 2. The maximum atomic E-state index is 12.4. The molecule has 0 aliphatic rings. The predicted molar refractivity (Wildman–Crippen MR) is 96.9 cm³/mol. The summed E-state index contributed by atoms with van der Waals surface area (Å²) in [5.41, 5.74) is 0.836. The van der Waals surface area contributed by atoms with Gasteiger partial charge in [-0.2, -0.15) is 0 Å². The monoisotopic (exact) mass is 336 g/mol. The minimum absolute atomic E-state index is 0.208. The van der Waals surface area contributed by atoms with E-state index in [1.54, 1.807) is 24.3 Å². The van der Waals surface area contributed by atoms with Gasteiger partial charge in [0.05, 0.1) is 79.6 Å². The third-order valence-corrected chi connectivity index (χ3v) is 3.55. The Morgan fingerprint density at radius 3 is 1.38 bits per heavy atom. The fraction of sp³-hybridized carbons (Fsp3) is 0.556. The Labute approximate surface area is 145 Å². The standard InChI is InChI=1S/C18H30N4O2/c1-21(2,3)13-11-19-17(23)15-9-7-8-10-16(15)18(24)20-12-14-22(4,5)6/h7-10H,11-14H2,1-6H3/p+2. The lowest BCUT2D eigenvalue weighted by Crippen LogP contribution is -2.43. The molecular formula is C18H32N4O2+2. The van der Waals surface area contributed by atoms with Crippen molar-refractivity contribution in [1.29, 1.82) is 0 Å². The molecule has 0 unspecified atom stereocenters. The molecule has 0 heterocycles. The van der Waals surface area contributed by atoms with Crippen molar-refractivity contribution in [2.75, 3.05) is 68.5 Å². The van der Waals surface area contributed by atoms with E-state index in [0.717, 1.165) is 22.1 Å². The van der Waals surface area contributed by atoms with Gasteiger partial charge in [-0.15, -0.1) is 0 Å². The maximum absolute atomic E-state index is 12.4. The van der Waals surface area contributed by atoms with Gasteiger partial charge in [0.25, 0.3) is 11.8 Å². The number of benzene rings is 1. The summed E-state index contributed by atoms with van der Waals surface area (Å²) in [7, 11) is 12.4. The van der Waals surface area contributed by atoms with Crippen LogP contribution in [0, 0.1) is 0 Å². The molecule has 1 aromatic carbocycles. The molecule has 1 rings (SSSR count). The smallest absolute Gasteiger partial charge is 0.252 e. The van der Waals surface area contributed by atoms with Crippen LogP contribution in [0.1, 0.15) is 20.7 Å². The van der Waals surface area contributed by atoms with E-state index in [1.165, 1.54) is 0 Å². The predicted octanol–water partition coefficient (Wildman–Crippen LogP) is 0.559. The van der Waals surface area contributed by atoms with Crippen LogP contribution in [-0.2, 0) is 0 Å². The van der Waals surface area contributed by atoms with Crippen molar-refractivity contribution < 1.29 is 18.6 Å². The highest BCUT2D eigenvalue weighted by atomic mass is 16.2. The summed E-state index contributed by atoms with van der Waals surface area (Å²) in [5.74, 6) is -0.415. The summed E-state index contributed by atoms with van der Waals surface area (Å²) >= 11 is 0. The van der Waals surface area contributed by atoms with Gasteiger partial charge in [0.1, 0.15) is 0 Å². The molecule has 0 bridgehead atoms. The summed E-state index contributed by atoms with van der Waals surface area (Å²) in [6, 6.07) is 6.93. The van der Waals surface area contributed by atoms with Crippen molar-refractivity contribution in [3.63, 3.8) is 0 Å². The molecule has 0 saturated heterocycles. The van der Waals surface area contributed by atoms with Crippen LogP contribution < -0.4 is 10.6 Å².